The largest absolute Gasteiger partial charge is 0.464 e. The molecule has 2 N–H and O–H groups in total. The monoisotopic (exact) mass is 967 g/mol. The molecule has 5 aliphatic heterocycles. The lowest BCUT2D eigenvalue weighted by atomic mass is 9.72. The van der Waals surface area contributed by atoms with Crippen molar-refractivity contribution >= 4 is 40.0 Å². The van der Waals surface area contributed by atoms with Crippen LogP contribution in [0.1, 0.15) is 99.4 Å². The van der Waals surface area contributed by atoms with E-state index in [2.05, 4.69) is 104 Å². The molecule has 2 saturated carbocycles. The molecule has 16 nitrogen and oxygen atoms in total. The summed E-state index contributed by atoms with van der Waals surface area (Å²) in [7, 11) is 3.88. The highest BCUT2D eigenvalue weighted by Gasteiger charge is 2.58. The van der Waals surface area contributed by atoms with Crippen LogP contribution < -0.4 is 10.7 Å². The van der Waals surface area contributed by atoms with Crippen molar-refractivity contribution in [2.24, 2.45) is 22.7 Å². The molecule has 0 unspecified atom stereocenters. The van der Waals surface area contributed by atoms with Gasteiger partial charge < -0.3 is 24.3 Å². The van der Waals surface area contributed by atoms with Crippen LogP contribution in [0.5, 0.6) is 0 Å². The maximum absolute atomic E-state index is 15.4. The highest BCUT2D eigenvalue weighted by atomic mass is 32.1. The number of carbonyl (C=O) groups is 3. The van der Waals surface area contributed by atoms with E-state index < -0.39 is 29.5 Å². The number of esters is 1. The molecule has 6 fully saturated rings. The number of fused-ring (bicyclic) bond motifs is 6. The van der Waals surface area contributed by atoms with Crippen molar-refractivity contribution < 1.29 is 23.9 Å². The number of pyridine rings is 1. The number of cyclic esters (lactones) is 1. The first-order valence-electron chi connectivity index (χ1n) is 25.4. The van der Waals surface area contributed by atoms with Gasteiger partial charge >= 0.3 is 5.97 Å². The number of benzene rings is 1. The third kappa shape index (κ3) is 8.14. The first-order valence-corrected chi connectivity index (χ1v) is 26.2. The van der Waals surface area contributed by atoms with E-state index in [4.69, 9.17) is 19.4 Å². The van der Waals surface area contributed by atoms with Crippen molar-refractivity contribution in [2.75, 3.05) is 66.6 Å². The minimum absolute atomic E-state index is 0.0353. The second-order valence-corrected chi connectivity index (χ2v) is 23.4. The molecule has 6 bridgehead atoms. The lowest BCUT2D eigenvalue weighted by Crippen LogP contribution is -2.73. The zero-order valence-corrected chi connectivity index (χ0v) is 42.0. The Hall–Kier alpha value is -5.17. The van der Waals surface area contributed by atoms with Gasteiger partial charge in [0.15, 0.2) is 0 Å². The Balaban J connectivity index is 0.995. The van der Waals surface area contributed by atoms with Gasteiger partial charge in [-0.2, -0.15) is 0 Å². The first kappa shape index (κ1) is 45.9. The summed E-state index contributed by atoms with van der Waals surface area (Å²) in [6.45, 7) is 14.5. The summed E-state index contributed by atoms with van der Waals surface area (Å²) in [5.74, 6) is -1.28. The molecule has 368 valence electrons. The third-order valence-corrected chi connectivity index (χ3v) is 17.4. The van der Waals surface area contributed by atoms with Gasteiger partial charge in [0.05, 0.1) is 41.9 Å². The van der Waals surface area contributed by atoms with Crippen LogP contribution in [0.2, 0.25) is 0 Å². The van der Waals surface area contributed by atoms with E-state index in [0.29, 0.717) is 31.8 Å². The number of thiazole rings is 1. The Kier molecular flexibility index (Phi) is 11.5. The van der Waals surface area contributed by atoms with Crippen LogP contribution in [0.4, 0.5) is 0 Å². The normalized spacial score (nSPS) is 28.6. The minimum atomic E-state index is -0.993. The van der Waals surface area contributed by atoms with E-state index in [-0.39, 0.29) is 53.7 Å². The van der Waals surface area contributed by atoms with E-state index in [1.54, 1.807) is 29.7 Å². The van der Waals surface area contributed by atoms with Crippen molar-refractivity contribution in [3.8, 4) is 22.5 Å². The highest BCUT2D eigenvalue weighted by Crippen LogP contribution is 2.54. The Bertz CT molecular complexity index is 2830. The van der Waals surface area contributed by atoms with Crippen LogP contribution in [0.3, 0.4) is 0 Å². The van der Waals surface area contributed by atoms with Crippen LogP contribution >= 0.6 is 11.3 Å². The molecule has 70 heavy (non-hydrogen) atoms. The number of nitrogens with one attached hydrogen (secondary N) is 2. The van der Waals surface area contributed by atoms with Gasteiger partial charge in [-0.15, -0.1) is 11.3 Å². The number of hydrazine groups is 1. The van der Waals surface area contributed by atoms with Gasteiger partial charge in [-0.1, -0.05) is 26.8 Å². The Labute approximate surface area is 413 Å². The van der Waals surface area contributed by atoms with E-state index in [0.717, 1.165) is 89.1 Å². The summed E-state index contributed by atoms with van der Waals surface area (Å²) in [5, 5.41) is 8.91. The second kappa shape index (κ2) is 17.5. The fraction of sp³-hybridized carbons (Fsp3) is 0.566. The van der Waals surface area contributed by atoms with Crippen LogP contribution in [-0.2, 0) is 30.3 Å². The average molecular weight is 968 g/mol. The first-order chi connectivity index (χ1) is 33.8. The molecular weight excluding hydrogens is 903 g/mol. The maximum atomic E-state index is 15.4. The number of likely N-dealkylation sites (tertiary alicyclic amines) is 3. The molecule has 17 heteroatoms. The molecule has 1 spiro atoms. The molecule has 7 aliphatic rings. The van der Waals surface area contributed by atoms with E-state index in [1.807, 2.05) is 18.3 Å². The standard InChI is InChI=1S/C53H65N11O5S/c1-30-42(38-15-17-54-29-56-38)43(30)48(65)58-45-47(62-26-53(27-62)24-60(5)25-53)49-57-40(23-70-49)32-11-14-41-36(19-32)37(20-52(3,4)28-69-51(67)39-10-8-18-63(59-39)50(45)66)46(35-9-7-16-55-44(35)31(2)68-6)64(41)34-21-61(22-34)33-12-13-33/h7,9,11,14-17,19,23,29-31,33-34,39,42-43,45,47,59H,8,10,12-13,18,20-22,24-28H2,1-6H3,(H,58,65)/t30-,31-,39-,42-,43+,45-,47-/m0/s1. The minimum Gasteiger partial charge on any atom is -0.464 e. The molecule has 2 amide bonds. The Morgan fingerprint density at radius 1 is 1.01 bits per heavy atom. The zero-order chi connectivity index (χ0) is 48.2. The lowest BCUT2D eigenvalue weighted by Gasteiger charge is -2.61. The van der Waals surface area contributed by atoms with Crippen molar-refractivity contribution in [1.82, 2.24) is 55.0 Å². The molecule has 5 aromatic rings. The van der Waals surface area contributed by atoms with Gasteiger partial charge in [0, 0.05) is 127 Å². The number of rotatable bonds is 9. The number of hydrogen-bond donors (Lipinski definition) is 2. The lowest BCUT2D eigenvalue weighted by molar-refractivity contribution is -0.159. The molecule has 9 heterocycles. The Morgan fingerprint density at radius 2 is 1.83 bits per heavy atom. The van der Waals surface area contributed by atoms with E-state index in [1.165, 1.54) is 24.7 Å². The van der Waals surface area contributed by atoms with Crippen LogP contribution in [0, 0.1) is 22.7 Å². The smallest absolute Gasteiger partial charge is 0.324 e. The van der Waals surface area contributed by atoms with Crippen molar-refractivity contribution in [2.45, 2.75) is 102 Å². The number of aromatic nitrogens is 5. The summed E-state index contributed by atoms with van der Waals surface area (Å²) in [6, 6.07) is 11.5. The van der Waals surface area contributed by atoms with Crippen molar-refractivity contribution in [3.63, 3.8) is 0 Å². The van der Waals surface area contributed by atoms with Crippen molar-refractivity contribution in [1.29, 1.82) is 0 Å². The van der Waals surface area contributed by atoms with Crippen LogP contribution in [-0.4, -0.2) is 147 Å². The second-order valence-electron chi connectivity index (χ2n) is 22.5. The fourth-order valence-electron chi connectivity index (χ4n) is 12.7. The van der Waals surface area contributed by atoms with Gasteiger partial charge in [0.1, 0.15) is 23.4 Å². The van der Waals surface area contributed by atoms with Gasteiger partial charge in [-0.25, -0.2) is 20.4 Å². The molecule has 1 aromatic carbocycles. The molecule has 4 aromatic heterocycles. The fourth-order valence-corrected chi connectivity index (χ4v) is 13.7. The maximum Gasteiger partial charge on any atom is 0.324 e. The predicted molar refractivity (Wildman–Crippen MR) is 265 cm³/mol. The topological polar surface area (TPSA) is 163 Å². The Morgan fingerprint density at radius 3 is 2.57 bits per heavy atom. The number of amides is 2. The molecule has 7 atom stereocenters. The molecule has 2 aliphatic carbocycles. The van der Waals surface area contributed by atoms with Gasteiger partial charge in [-0.3, -0.25) is 34.2 Å². The number of hydrogen-bond acceptors (Lipinski definition) is 14. The van der Waals surface area contributed by atoms with Crippen molar-refractivity contribution in [3.05, 3.63) is 82.5 Å². The summed E-state index contributed by atoms with van der Waals surface area (Å²) in [5.41, 5.74) is 11.0. The quantitative estimate of drug-likeness (QED) is 0.171. The zero-order valence-electron chi connectivity index (χ0n) is 41.1. The number of carbonyl (C=O) groups excluding carboxylic acids is 3. The molecule has 0 radical (unpaired) electrons. The summed E-state index contributed by atoms with van der Waals surface area (Å²) in [4.78, 5) is 70.6. The average Bonchev–Trinajstić information content (AvgIpc) is 4.21. The SMILES string of the molecule is CO[C@@H](C)c1ncccc1-c1c2c3cc(ccc3n1C1CN(C3CC3)C1)-c1csc(n1)[C@@H](N1CC3(CN(C)C3)C1)[C@H](NC(=O)[C@@H]1[C@@H](C)[C@H]1c1ccncn1)C(=O)N1CCC[C@H](N1)C(=O)OCC(C)(C)C2. The highest BCUT2D eigenvalue weighted by molar-refractivity contribution is 7.10. The van der Waals surface area contributed by atoms with E-state index in [9.17, 15) is 9.59 Å². The molecule has 12 rings (SSSR count). The molecule has 4 saturated heterocycles. The van der Waals surface area contributed by atoms with Crippen LogP contribution in [0.25, 0.3) is 33.4 Å². The van der Waals surface area contributed by atoms with E-state index >= 15 is 4.79 Å². The number of methoxy groups -OCH3 is 1. The third-order valence-electron chi connectivity index (χ3n) is 16.5. The summed E-state index contributed by atoms with van der Waals surface area (Å²) < 4.78 is 14.8. The molecular formula is C53H65N11O5S. The van der Waals surface area contributed by atoms with Gasteiger partial charge in [-0.05, 0) is 87.9 Å². The summed E-state index contributed by atoms with van der Waals surface area (Å²) >= 11 is 1.54. The van der Waals surface area contributed by atoms with Gasteiger partial charge in [0.2, 0.25) is 5.91 Å². The van der Waals surface area contributed by atoms with Gasteiger partial charge in [0.25, 0.3) is 5.91 Å². The number of nitrogens with zero attached hydrogens (tertiary/aromatic N) is 9. The summed E-state index contributed by atoms with van der Waals surface area (Å²) in [6.07, 6.45) is 9.09. The van der Waals surface area contributed by atoms with Crippen LogP contribution in [0.15, 0.2) is 60.5 Å². The number of ether oxygens (including phenoxy) is 2. The predicted octanol–water partition coefficient (Wildman–Crippen LogP) is 5.79.